The van der Waals surface area contributed by atoms with E-state index in [9.17, 15) is 4.79 Å². The molecule has 0 saturated carbocycles. The Bertz CT molecular complexity index is 357. The first-order valence-electron chi connectivity index (χ1n) is 6.81. The molecule has 2 heteroatoms. The molecule has 0 N–H and O–H groups in total. The van der Waals surface area contributed by atoms with Gasteiger partial charge in [0, 0.05) is 0 Å². The highest BCUT2D eigenvalue weighted by Crippen LogP contribution is 2.23. The predicted molar refractivity (Wildman–Crippen MR) is 74.2 cm³/mol. The topological polar surface area (TPSA) is 26.3 Å². The van der Waals surface area contributed by atoms with Crippen molar-refractivity contribution >= 4 is 5.97 Å². The molecular formula is C16H24O2. The van der Waals surface area contributed by atoms with Crippen molar-refractivity contribution in [3.05, 3.63) is 35.9 Å². The van der Waals surface area contributed by atoms with Crippen LogP contribution in [0.1, 0.15) is 52.2 Å². The molecule has 0 aliphatic heterocycles. The summed E-state index contributed by atoms with van der Waals surface area (Å²) in [5.74, 6) is 0.282. The fraction of sp³-hybridized carbons (Fsp3) is 0.562. The van der Waals surface area contributed by atoms with Crippen LogP contribution in [0.5, 0.6) is 0 Å². The molecule has 100 valence electrons. The van der Waals surface area contributed by atoms with Gasteiger partial charge in [0.25, 0.3) is 0 Å². The number of esters is 1. The summed E-state index contributed by atoms with van der Waals surface area (Å²) in [4.78, 5) is 12.1. The van der Waals surface area contributed by atoms with Crippen molar-refractivity contribution in [2.45, 2.75) is 46.6 Å². The molecule has 18 heavy (non-hydrogen) atoms. The van der Waals surface area contributed by atoms with Crippen molar-refractivity contribution in [2.24, 2.45) is 11.8 Å². The van der Waals surface area contributed by atoms with Gasteiger partial charge in [0.1, 0.15) is 6.10 Å². The zero-order valence-corrected chi connectivity index (χ0v) is 11.8. The second-order valence-electron chi connectivity index (χ2n) is 5.13. The van der Waals surface area contributed by atoms with Crippen LogP contribution in [0.15, 0.2) is 30.3 Å². The quantitative estimate of drug-likeness (QED) is 0.699. The predicted octanol–water partition coefficient (Wildman–Crippen LogP) is 4.36. The molecule has 0 fully saturated rings. The standard InChI is InChI=1S/C16H24O2/c1-5-9-15(12(2)3)16(17)18-13(4)14-10-7-6-8-11-14/h6-8,10-13,15H,5,9H2,1-4H3. The maximum atomic E-state index is 12.1. The highest BCUT2D eigenvalue weighted by Gasteiger charge is 2.24. The van der Waals surface area contributed by atoms with Gasteiger partial charge in [-0.2, -0.15) is 0 Å². The summed E-state index contributed by atoms with van der Waals surface area (Å²) in [6.07, 6.45) is 1.74. The smallest absolute Gasteiger partial charge is 0.309 e. The molecule has 0 aromatic heterocycles. The van der Waals surface area contributed by atoms with Gasteiger partial charge in [-0.3, -0.25) is 4.79 Å². The first-order chi connectivity index (χ1) is 8.56. The van der Waals surface area contributed by atoms with E-state index in [0.717, 1.165) is 18.4 Å². The SMILES string of the molecule is CCCC(C(=O)OC(C)c1ccccc1)C(C)C. The Hall–Kier alpha value is -1.31. The van der Waals surface area contributed by atoms with Crippen molar-refractivity contribution in [3.63, 3.8) is 0 Å². The van der Waals surface area contributed by atoms with Crippen LogP contribution >= 0.6 is 0 Å². The first-order valence-corrected chi connectivity index (χ1v) is 6.81. The normalized spacial score (nSPS) is 14.3. The van der Waals surface area contributed by atoms with E-state index in [2.05, 4.69) is 20.8 Å². The van der Waals surface area contributed by atoms with E-state index >= 15 is 0 Å². The number of benzene rings is 1. The lowest BCUT2D eigenvalue weighted by Gasteiger charge is -2.21. The first kappa shape index (κ1) is 14.7. The van der Waals surface area contributed by atoms with Crippen LogP contribution in [0.4, 0.5) is 0 Å². The highest BCUT2D eigenvalue weighted by atomic mass is 16.5. The van der Waals surface area contributed by atoms with E-state index in [1.807, 2.05) is 37.3 Å². The second kappa shape index (κ2) is 7.20. The number of ether oxygens (including phenoxy) is 1. The van der Waals surface area contributed by atoms with Gasteiger partial charge in [0.2, 0.25) is 0 Å². The molecule has 1 rings (SSSR count). The van der Waals surface area contributed by atoms with Crippen LogP contribution < -0.4 is 0 Å². The molecule has 0 aliphatic carbocycles. The minimum atomic E-state index is -0.170. The highest BCUT2D eigenvalue weighted by molar-refractivity contribution is 5.73. The fourth-order valence-corrected chi connectivity index (χ4v) is 2.09. The zero-order chi connectivity index (χ0) is 13.5. The summed E-state index contributed by atoms with van der Waals surface area (Å²) in [5, 5.41) is 0. The average molecular weight is 248 g/mol. The summed E-state index contributed by atoms with van der Waals surface area (Å²) in [5.41, 5.74) is 1.05. The lowest BCUT2D eigenvalue weighted by molar-refractivity contribution is -0.155. The molecule has 2 unspecified atom stereocenters. The van der Waals surface area contributed by atoms with Gasteiger partial charge in [-0.25, -0.2) is 0 Å². The van der Waals surface area contributed by atoms with Gasteiger partial charge in [0.15, 0.2) is 0 Å². The van der Waals surface area contributed by atoms with Gasteiger partial charge < -0.3 is 4.74 Å². The van der Waals surface area contributed by atoms with Gasteiger partial charge >= 0.3 is 5.97 Å². The molecule has 1 aromatic rings. The lowest BCUT2D eigenvalue weighted by atomic mass is 9.91. The minimum Gasteiger partial charge on any atom is -0.458 e. The van der Waals surface area contributed by atoms with E-state index in [1.54, 1.807) is 0 Å². The number of carbonyl (C=O) groups excluding carboxylic acids is 1. The van der Waals surface area contributed by atoms with Crippen molar-refractivity contribution < 1.29 is 9.53 Å². The van der Waals surface area contributed by atoms with Gasteiger partial charge in [-0.15, -0.1) is 0 Å². The van der Waals surface area contributed by atoms with Crippen LogP contribution in [-0.4, -0.2) is 5.97 Å². The third kappa shape index (κ3) is 4.17. The van der Waals surface area contributed by atoms with Crippen LogP contribution in [0.25, 0.3) is 0 Å². The van der Waals surface area contributed by atoms with E-state index in [1.165, 1.54) is 0 Å². The number of carbonyl (C=O) groups is 1. The minimum absolute atomic E-state index is 0.0150. The molecule has 0 radical (unpaired) electrons. The Kier molecular flexibility index (Phi) is 5.90. The molecule has 0 bridgehead atoms. The third-order valence-corrected chi connectivity index (χ3v) is 3.27. The van der Waals surface area contributed by atoms with Crippen molar-refractivity contribution in [1.29, 1.82) is 0 Å². The van der Waals surface area contributed by atoms with E-state index in [0.29, 0.717) is 5.92 Å². The van der Waals surface area contributed by atoms with Crippen LogP contribution in [-0.2, 0) is 9.53 Å². The summed E-state index contributed by atoms with van der Waals surface area (Å²) in [6, 6.07) is 9.87. The molecule has 0 amide bonds. The van der Waals surface area contributed by atoms with Gasteiger partial charge in [0.05, 0.1) is 5.92 Å². The van der Waals surface area contributed by atoms with Gasteiger partial charge in [-0.05, 0) is 24.8 Å². The molecule has 0 spiro atoms. The van der Waals surface area contributed by atoms with Crippen LogP contribution in [0.3, 0.4) is 0 Å². The largest absolute Gasteiger partial charge is 0.458 e. The maximum absolute atomic E-state index is 12.1. The summed E-state index contributed by atoms with van der Waals surface area (Å²) >= 11 is 0. The summed E-state index contributed by atoms with van der Waals surface area (Å²) < 4.78 is 5.57. The third-order valence-electron chi connectivity index (χ3n) is 3.27. The van der Waals surface area contributed by atoms with E-state index in [4.69, 9.17) is 4.74 Å². The molecule has 2 nitrogen and oxygen atoms in total. The van der Waals surface area contributed by atoms with Gasteiger partial charge in [-0.1, -0.05) is 57.5 Å². The van der Waals surface area contributed by atoms with E-state index in [-0.39, 0.29) is 18.0 Å². The lowest BCUT2D eigenvalue weighted by Crippen LogP contribution is -2.23. The number of hydrogen-bond acceptors (Lipinski definition) is 2. The Morgan fingerprint density at radius 3 is 2.28 bits per heavy atom. The van der Waals surface area contributed by atoms with Crippen LogP contribution in [0.2, 0.25) is 0 Å². The molecule has 0 heterocycles. The average Bonchev–Trinajstić information content (AvgIpc) is 2.36. The van der Waals surface area contributed by atoms with Crippen molar-refractivity contribution in [1.82, 2.24) is 0 Å². The van der Waals surface area contributed by atoms with E-state index < -0.39 is 0 Å². The Morgan fingerprint density at radius 2 is 1.78 bits per heavy atom. The molecule has 2 atom stereocenters. The number of hydrogen-bond donors (Lipinski definition) is 0. The molecule has 1 aromatic carbocycles. The monoisotopic (exact) mass is 248 g/mol. The molecule has 0 aliphatic rings. The Morgan fingerprint density at radius 1 is 1.17 bits per heavy atom. The Balaban J connectivity index is 2.63. The molecule has 0 saturated heterocycles. The summed E-state index contributed by atoms with van der Waals surface area (Å²) in [7, 11) is 0. The van der Waals surface area contributed by atoms with Crippen LogP contribution in [0, 0.1) is 11.8 Å². The maximum Gasteiger partial charge on any atom is 0.309 e. The number of rotatable bonds is 6. The van der Waals surface area contributed by atoms with Crippen molar-refractivity contribution in [3.8, 4) is 0 Å². The Labute approximate surface area is 110 Å². The molecular weight excluding hydrogens is 224 g/mol. The zero-order valence-electron chi connectivity index (χ0n) is 11.8. The van der Waals surface area contributed by atoms with Crippen molar-refractivity contribution in [2.75, 3.05) is 0 Å². The summed E-state index contributed by atoms with van der Waals surface area (Å²) in [6.45, 7) is 8.18. The fourth-order valence-electron chi connectivity index (χ4n) is 2.09. The second-order valence-corrected chi connectivity index (χ2v) is 5.13.